The van der Waals surface area contributed by atoms with E-state index in [1.165, 1.54) is 12.1 Å². The van der Waals surface area contributed by atoms with Crippen molar-refractivity contribution in [2.45, 2.75) is 23.8 Å². The molecule has 3 aliphatic rings. The highest BCUT2D eigenvalue weighted by atomic mass is 32.2. The first-order valence-electron chi connectivity index (χ1n) is 11.1. The summed E-state index contributed by atoms with van der Waals surface area (Å²) >= 11 is 0. The normalized spacial score (nSPS) is 20.7. The Morgan fingerprint density at radius 1 is 1.03 bits per heavy atom. The minimum absolute atomic E-state index is 0.0306. The predicted octanol–water partition coefficient (Wildman–Crippen LogP) is 2.15. The summed E-state index contributed by atoms with van der Waals surface area (Å²) < 4.78 is 44.7. The zero-order chi connectivity index (χ0) is 22.8. The van der Waals surface area contributed by atoms with Gasteiger partial charge in [-0.15, -0.1) is 0 Å². The molecule has 2 fully saturated rings. The second-order valence-electron chi connectivity index (χ2n) is 8.43. The van der Waals surface area contributed by atoms with Gasteiger partial charge in [0.15, 0.2) is 11.5 Å². The van der Waals surface area contributed by atoms with Crippen LogP contribution in [0.25, 0.3) is 0 Å². The summed E-state index contributed by atoms with van der Waals surface area (Å²) in [6, 6.07) is 11.0. The van der Waals surface area contributed by atoms with Crippen LogP contribution in [0.3, 0.4) is 0 Å². The lowest BCUT2D eigenvalue weighted by atomic mass is 10.1. The van der Waals surface area contributed by atoms with Crippen molar-refractivity contribution in [1.82, 2.24) is 9.80 Å². The first-order chi connectivity index (χ1) is 16.0. The molecule has 0 unspecified atom stereocenters. The molecule has 3 aliphatic heterocycles. The van der Waals surface area contributed by atoms with Gasteiger partial charge in [0.2, 0.25) is 6.79 Å². The Balaban J connectivity index is 1.23. The van der Waals surface area contributed by atoms with Crippen molar-refractivity contribution in [3.8, 4) is 11.5 Å². The van der Waals surface area contributed by atoms with Gasteiger partial charge in [0.1, 0.15) is 0 Å². The van der Waals surface area contributed by atoms with Gasteiger partial charge in [0, 0.05) is 51.0 Å². The van der Waals surface area contributed by atoms with Gasteiger partial charge in [0.05, 0.1) is 16.7 Å². The van der Waals surface area contributed by atoms with E-state index in [-0.39, 0.29) is 17.6 Å². The lowest BCUT2D eigenvalue weighted by molar-refractivity contribution is 0.0432. The maximum atomic E-state index is 13.1. The third kappa shape index (κ3) is 4.92. The number of hydrogen-bond donors (Lipinski definition) is 1. The van der Waals surface area contributed by atoms with Crippen LogP contribution in [0, 0.1) is 0 Å². The lowest BCUT2D eigenvalue weighted by Crippen LogP contribution is -2.50. The van der Waals surface area contributed by atoms with Gasteiger partial charge in [-0.05, 0) is 43.2 Å². The van der Waals surface area contributed by atoms with Crippen LogP contribution in [0.1, 0.15) is 23.2 Å². The van der Waals surface area contributed by atoms with Crippen LogP contribution in [-0.2, 0) is 14.8 Å². The average molecular weight is 474 g/mol. The number of benzene rings is 2. The molecule has 9 nitrogen and oxygen atoms in total. The highest BCUT2D eigenvalue weighted by Crippen LogP contribution is 2.34. The average Bonchev–Trinajstić information content (AvgIpc) is 3.51. The van der Waals surface area contributed by atoms with Gasteiger partial charge in [-0.3, -0.25) is 14.4 Å². The number of carbonyl (C=O) groups is 1. The van der Waals surface area contributed by atoms with Crippen molar-refractivity contribution < 1.29 is 27.4 Å². The number of nitrogens with one attached hydrogen (secondary N) is 1. The zero-order valence-corrected chi connectivity index (χ0v) is 19.1. The van der Waals surface area contributed by atoms with Crippen LogP contribution >= 0.6 is 0 Å². The van der Waals surface area contributed by atoms with Crippen LogP contribution < -0.4 is 14.2 Å². The Bertz CT molecular complexity index is 1120. The van der Waals surface area contributed by atoms with E-state index in [0.717, 1.165) is 39.1 Å². The number of nitrogens with zero attached hydrogens (tertiary/aromatic N) is 2. The Kier molecular flexibility index (Phi) is 6.13. The van der Waals surface area contributed by atoms with E-state index in [1.807, 2.05) is 0 Å². The van der Waals surface area contributed by atoms with E-state index < -0.39 is 10.0 Å². The van der Waals surface area contributed by atoms with Gasteiger partial charge in [-0.25, -0.2) is 8.42 Å². The molecule has 176 valence electrons. The molecule has 1 N–H and O–H groups in total. The molecule has 1 atom stereocenters. The molecular formula is C23H27N3O6S. The summed E-state index contributed by atoms with van der Waals surface area (Å²) in [5, 5.41) is 0. The highest BCUT2D eigenvalue weighted by molar-refractivity contribution is 7.92. The summed E-state index contributed by atoms with van der Waals surface area (Å²) in [5.41, 5.74) is 0.717. The Labute approximate surface area is 193 Å². The Morgan fingerprint density at radius 3 is 2.64 bits per heavy atom. The molecule has 0 aromatic heterocycles. The molecule has 0 saturated carbocycles. The van der Waals surface area contributed by atoms with Crippen LogP contribution in [0.15, 0.2) is 47.4 Å². The third-order valence-corrected chi connectivity index (χ3v) is 7.54. The Morgan fingerprint density at radius 2 is 1.85 bits per heavy atom. The van der Waals surface area contributed by atoms with E-state index in [0.29, 0.717) is 41.9 Å². The molecule has 2 aromatic rings. The molecule has 0 spiro atoms. The molecule has 2 saturated heterocycles. The summed E-state index contributed by atoms with van der Waals surface area (Å²) in [7, 11) is -3.88. The van der Waals surface area contributed by atoms with Gasteiger partial charge in [0.25, 0.3) is 15.9 Å². The summed E-state index contributed by atoms with van der Waals surface area (Å²) in [6.07, 6.45) is 2.51. The standard InChI is InChI=1S/C23H27N3O6S/c27-23(26-10-8-25(9-11-26)15-19-4-2-12-30-19)17-3-1-5-20(13-17)33(28,29)24-18-6-7-21-22(14-18)32-16-31-21/h1,3,5-7,13-14,19,24H,2,4,8-12,15-16H2/t19-/m1/s1. The quantitative estimate of drug-likeness (QED) is 0.687. The second kappa shape index (κ2) is 9.20. The number of anilines is 1. The molecule has 0 aliphatic carbocycles. The summed E-state index contributed by atoms with van der Waals surface area (Å²) in [4.78, 5) is 17.2. The lowest BCUT2D eigenvalue weighted by Gasteiger charge is -2.35. The first kappa shape index (κ1) is 22.0. The van der Waals surface area contributed by atoms with Gasteiger partial charge in [-0.2, -0.15) is 0 Å². The molecule has 3 heterocycles. The number of carbonyl (C=O) groups excluding carboxylic acids is 1. The molecule has 0 radical (unpaired) electrons. The highest BCUT2D eigenvalue weighted by Gasteiger charge is 2.26. The molecule has 2 aromatic carbocycles. The van der Waals surface area contributed by atoms with Crippen molar-refractivity contribution in [3.63, 3.8) is 0 Å². The minimum Gasteiger partial charge on any atom is -0.454 e. The predicted molar refractivity (Wildman–Crippen MR) is 121 cm³/mol. The van der Waals surface area contributed by atoms with Crippen molar-refractivity contribution >= 4 is 21.6 Å². The fourth-order valence-corrected chi connectivity index (χ4v) is 5.46. The molecule has 33 heavy (non-hydrogen) atoms. The number of piperazine rings is 1. The zero-order valence-electron chi connectivity index (χ0n) is 18.2. The first-order valence-corrected chi connectivity index (χ1v) is 12.6. The maximum absolute atomic E-state index is 13.1. The van der Waals surface area contributed by atoms with Crippen LogP contribution in [0.5, 0.6) is 11.5 Å². The molecule has 1 amide bonds. The van der Waals surface area contributed by atoms with Crippen molar-refractivity contribution in [1.29, 1.82) is 0 Å². The van der Waals surface area contributed by atoms with Crippen molar-refractivity contribution in [2.75, 3.05) is 50.8 Å². The maximum Gasteiger partial charge on any atom is 0.261 e. The van der Waals surface area contributed by atoms with Gasteiger partial charge < -0.3 is 19.1 Å². The number of amides is 1. The van der Waals surface area contributed by atoms with E-state index in [9.17, 15) is 13.2 Å². The molecule has 5 rings (SSSR count). The number of rotatable bonds is 6. The fraction of sp³-hybridized carbons (Fsp3) is 0.435. The minimum atomic E-state index is -3.88. The largest absolute Gasteiger partial charge is 0.454 e. The number of hydrogen-bond acceptors (Lipinski definition) is 7. The SMILES string of the molecule is O=C(c1cccc(S(=O)(=O)Nc2ccc3c(c2)OCO3)c1)N1CCN(C[C@H]2CCCO2)CC1. The Hall–Kier alpha value is -2.82. The smallest absolute Gasteiger partial charge is 0.261 e. The van der Waals surface area contributed by atoms with E-state index in [1.54, 1.807) is 35.2 Å². The third-order valence-electron chi connectivity index (χ3n) is 6.16. The van der Waals surface area contributed by atoms with E-state index in [4.69, 9.17) is 14.2 Å². The molecule has 0 bridgehead atoms. The molecule has 10 heteroatoms. The topological polar surface area (TPSA) is 97.4 Å². The number of fused-ring (bicyclic) bond motifs is 1. The van der Waals surface area contributed by atoms with Crippen molar-refractivity contribution in [2.24, 2.45) is 0 Å². The summed E-state index contributed by atoms with van der Waals surface area (Å²) in [5.74, 6) is 0.895. The molecular weight excluding hydrogens is 446 g/mol. The number of ether oxygens (including phenoxy) is 3. The van der Waals surface area contributed by atoms with Crippen molar-refractivity contribution in [3.05, 3.63) is 48.0 Å². The van der Waals surface area contributed by atoms with Gasteiger partial charge in [-0.1, -0.05) is 6.07 Å². The van der Waals surface area contributed by atoms with Crippen LogP contribution in [-0.4, -0.2) is 76.4 Å². The van der Waals surface area contributed by atoms with Gasteiger partial charge >= 0.3 is 0 Å². The summed E-state index contributed by atoms with van der Waals surface area (Å²) in [6.45, 7) is 4.64. The van der Waals surface area contributed by atoms with E-state index >= 15 is 0 Å². The number of sulfonamides is 1. The monoisotopic (exact) mass is 473 g/mol. The van der Waals surface area contributed by atoms with Crippen LogP contribution in [0.2, 0.25) is 0 Å². The van der Waals surface area contributed by atoms with E-state index in [2.05, 4.69) is 9.62 Å². The fourth-order valence-electron chi connectivity index (χ4n) is 4.36. The second-order valence-corrected chi connectivity index (χ2v) is 10.1. The van der Waals surface area contributed by atoms with Crippen LogP contribution in [0.4, 0.5) is 5.69 Å².